The van der Waals surface area contributed by atoms with Crippen molar-refractivity contribution in [3.63, 3.8) is 0 Å². The Kier molecular flexibility index (Phi) is 5.76. The van der Waals surface area contributed by atoms with E-state index in [9.17, 15) is 14.7 Å². The molecule has 4 aromatic rings. The Bertz CT molecular complexity index is 1500. The summed E-state index contributed by atoms with van der Waals surface area (Å²) in [6.07, 6.45) is 3.13. The van der Waals surface area contributed by atoms with E-state index in [-0.39, 0.29) is 19.0 Å². The minimum Gasteiger partial charge on any atom is -0.480 e. The molecule has 1 aromatic carbocycles. The van der Waals surface area contributed by atoms with Crippen molar-refractivity contribution in [2.24, 2.45) is 0 Å². The molecule has 1 saturated heterocycles. The molecule has 2 amide bonds. The van der Waals surface area contributed by atoms with Gasteiger partial charge in [-0.1, -0.05) is 5.16 Å². The van der Waals surface area contributed by atoms with E-state index in [0.717, 1.165) is 0 Å². The molecular weight excluding hydrogens is 484 g/mol. The Hall–Kier alpha value is -4.56. The number of nitrogen functional groups attached to an aromatic ring is 1. The second-order valence-corrected chi connectivity index (χ2v) is 8.72. The molecule has 0 radical (unpaired) electrons. The Morgan fingerprint density at radius 2 is 2.14 bits per heavy atom. The quantitative estimate of drug-likeness (QED) is 0.336. The highest BCUT2D eigenvalue weighted by Gasteiger charge is 2.58. The van der Waals surface area contributed by atoms with Crippen LogP contribution in [-0.4, -0.2) is 73.5 Å². The lowest BCUT2D eigenvalue weighted by molar-refractivity contribution is -0.190. The van der Waals surface area contributed by atoms with Crippen LogP contribution in [0.3, 0.4) is 0 Å². The zero-order valence-corrected chi connectivity index (χ0v) is 20.2. The van der Waals surface area contributed by atoms with Crippen molar-refractivity contribution in [1.82, 2.24) is 25.1 Å². The minimum absolute atomic E-state index is 0.0620. The van der Waals surface area contributed by atoms with Crippen LogP contribution in [0.4, 0.5) is 17.3 Å². The van der Waals surface area contributed by atoms with Crippen molar-refractivity contribution in [3.05, 3.63) is 42.7 Å². The van der Waals surface area contributed by atoms with E-state index < -0.39 is 23.0 Å². The SMILES string of the molecule is COc1cc(-n2ccc(N3CCO[C@](C)(C(C)(O)C(=O)Nc4ccc5c(N)noc5c4)C3=O)n2)cnn1. The molecule has 3 aromatic heterocycles. The van der Waals surface area contributed by atoms with Gasteiger partial charge in [0, 0.05) is 30.1 Å². The van der Waals surface area contributed by atoms with E-state index in [4.69, 9.17) is 19.7 Å². The van der Waals surface area contributed by atoms with Crippen molar-refractivity contribution in [1.29, 1.82) is 0 Å². The van der Waals surface area contributed by atoms with E-state index in [2.05, 4.69) is 25.8 Å². The van der Waals surface area contributed by atoms with Crippen LogP contribution in [0, 0.1) is 0 Å². The third-order valence-corrected chi connectivity index (χ3v) is 6.43. The molecule has 4 N–H and O–H groups in total. The summed E-state index contributed by atoms with van der Waals surface area (Å²) in [5.41, 5.74) is 2.79. The molecule has 0 aliphatic carbocycles. The molecule has 4 heterocycles. The number of nitrogens with two attached hydrogens (primary N) is 1. The highest BCUT2D eigenvalue weighted by atomic mass is 16.5. The maximum Gasteiger partial charge on any atom is 0.263 e. The first-order valence-electron chi connectivity index (χ1n) is 11.2. The highest BCUT2D eigenvalue weighted by Crippen LogP contribution is 2.34. The van der Waals surface area contributed by atoms with Gasteiger partial charge in [-0.3, -0.25) is 14.5 Å². The number of benzene rings is 1. The first-order chi connectivity index (χ1) is 17.6. The molecule has 5 rings (SSSR count). The number of hydrogen-bond donors (Lipinski definition) is 3. The number of fused-ring (bicyclic) bond motifs is 1. The smallest absolute Gasteiger partial charge is 0.263 e. The van der Waals surface area contributed by atoms with E-state index >= 15 is 0 Å². The number of nitrogens with zero attached hydrogens (tertiary/aromatic N) is 6. The molecule has 1 aliphatic rings. The van der Waals surface area contributed by atoms with Crippen LogP contribution >= 0.6 is 0 Å². The van der Waals surface area contributed by atoms with Crippen molar-refractivity contribution in [3.8, 4) is 11.6 Å². The van der Waals surface area contributed by atoms with Gasteiger partial charge in [0.15, 0.2) is 28.4 Å². The summed E-state index contributed by atoms with van der Waals surface area (Å²) >= 11 is 0. The Balaban J connectivity index is 1.38. The van der Waals surface area contributed by atoms with E-state index in [0.29, 0.717) is 34.0 Å². The number of amides is 2. The Labute approximate surface area is 209 Å². The van der Waals surface area contributed by atoms with Crippen molar-refractivity contribution in [2.75, 3.05) is 36.2 Å². The summed E-state index contributed by atoms with van der Waals surface area (Å²) in [5.74, 6) is -0.654. The molecule has 14 heteroatoms. The lowest BCUT2D eigenvalue weighted by atomic mass is 9.82. The number of aliphatic hydroxyl groups is 1. The maximum absolute atomic E-state index is 13.6. The van der Waals surface area contributed by atoms with Crippen LogP contribution in [-0.2, 0) is 14.3 Å². The zero-order valence-electron chi connectivity index (χ0n) is 20.2. The number of nitrogens with one attached hydrogen (secondary N) is 1. The molecule has 37 heavy (non-hydrogen) atoms. The molecular formula is C23H24N8O6. The van der Waals surface area contributed by atoms with Gasteiger partial charge in [-0.25, -0.2) is 4.68 Å². The minimum atomic E-state index is -2.26. The van der Waals surface area contributed by atoms with Gasteiger partial charge in [0.25, 0.3) is 11.8 Å². The first kappa shape index (κ1) is 24.1. The fourth-order valence-corrected chi connectivity index (χ4v) is 4.00. The van der Waals surface area contributed by atoms with E-state index in [1.165, 1.54) is 42.8 Å². The third-order valence-electron chi connectivity index (χ3n) is 6.43. The standard InChI is InChI=1S/C23H24N8O6/c1-22(34,20(32)26-13-4-5-15-16(10-13)37-29-19(15)24)23(2)21(33)30(8-9-36-23)17-6-7-31(28-17)14-11-18(35-3)27-25-12-14/h4-7,10-12,34H,8-9H2,1-3H3,(H2,24,29)(H,26,32)/t22?,23-/m0/s1. The molecule has 0 saturated carbocycles. The predicted molar refractivity (Wildman–Crippen MR) is 130 cm³/mol. The molecule has 1 unspecified atom stereocenters. The largest absolute Gasteiger partial charge is 0.480 e. The number of ether oxygens (including phenoxy) is 2. The first-order valence-corrected chi connectivity index (χ1v) is 11.2. The summed E-state index contributed by atoms with van der Waals surface area (Å²) in [6.45, 7) is 2.83. The van der Waals surface area contributed by atoms with Crippen molar-refractivity contribution >= 4 is 40.1 Å². The summed E-state index contributed by atoms with van der Waals surface area (Å²) in [4.78, 5) is 28.2. The van der Waals surface area contributed by atoms with Crippen molar-refractivity contribution < 1.29 is 28.7 Å². The van der Waals surface area contributed by atoms with Crippen LogP contribution in [0.2, 0.25) is 0 Å². The topological polar surface area (TPSA) is 184 Å². The van der Waals surface area contributed by atoms with Gasteiger partial charge in [-0.2, -0.15) is 5.10 Å². The molecule has 14 nitrogen and oxygen atoms in total. The van der Waals surface area contributed by atoms with Gasteiger partial charge in [0.2, 0.25) is 5.88 Å². The highest BCUT2D eigenvalue weighted by molar-refractivity contribution is 6.08. The Morgan fingerprint density at radius 1 is 1.32 bits per heavy atom. The maximum atomic E-state index is 13.6. The van der Waals surface area contributed by atoms with Crippen molar-refractivity contribution in [2.45, 2.75) is 25.0 Å². The number of anilines is 3. The third kappa shape index (κ3) is 4.01. The summed E-state index contributed by atoms with van der Waals surface area (Å²) in [5, 5.41) is 30.3. The number of carbonyl (C=O) groups excluding carboxylic acids is 2. The van der Waals surface area contributed by atoms with Gasteiger partial charge in [-0.15, -0.1) is 10.2 Å². The molecule has 0 spiro atoms. The molecule has 1 aliphatic heterocycles. The molecule has 2 atom stereocenters. The van der Waals surface area contributed by atoms with Crippen LogP contribution in [0.5, 0.6) is 5.88 Å². The summed E-state index contributed by atoms with van der Waals surface area (Å²) in [6, 6.07) is 7.98. The van der Waals surface area contributed by atoms with E-state index in [1.54, 1.807) is 30.5 Å². The van der Waals surface area contributed by atoms with Crippen LogP contribution in [0.15, 0.2) is 47.2 Å². The summed E-state index contributed by atoms with van der Waals surface area (Å²) < 4.78 is 17.5. The second-order valence-electron chi connectivity index (χ2n) is 8.72. The molecule has 0 bridgehead atoms. The fraction of sp³-hybridized carbons (Fsp3) is 0.304. The Morgan fingerprint density at radius 3 is 2.92 bits per heavy atom. The number of methoxy groups -OCH3 is 1. The van der Waals surface area contributed by atoms with Gasteiger partial charge in [0.05, 0.1) is 37.5 Å². The number of hydrogen-bond acceptors (Lipinski definition) is 11. The number of rotatable bonds is 6. The van der Waals surface area contributed by atoms with Gasteiger partial charge in [-0.05, 0) is 26.0 Å². The van der Waals surface area contributed by atoms with Gasteiger partial charge in [0.1, 0.15) is 0 Å². The van der Waals surface area contributed by atoms with Crippen LogP contribution in [0.25, 0.3) is 16.7 Å². The average Bonchev–Trinajstić information content (AvgIpc) is 3.53. The lowest BCUT2D eigenvalue weighted by Gasteiger charge is -2.45. The zero-order chi connectivity index (χ0) is 26.4. The number of carbonyl (C=O) groups is 2. The molecule has 192 valence electrons. The fourth-order valence-electron chi connectivity index (χ4n) is 4.00. The predicted octanol–water partition coefficient (Wildman–Crippen LogP) is 0.906. The van der Waals surface area contributed by atoms with Crippen LogP contribution in [0.1, 0.15) is 13.8 Å². The second kappa shape index (κ2) is 8.83. The molecule has 1 fully saturated rings. The number of morpholine rings is 1. The lowest BCUT2D eigenvalue weighted by Crippen LogP contribution is -2.69. The normalized spacial score (nSPS) is 19.6. The summed E-state index contributed by atoms with van der Waals surface area (Å²) in [7, 11) is 1.47. The van der Waals surface area contributed by atoms with Gasteiger partial charge >= 0.3 is 0 Å². The van der Waals surface area contributed by atoms with Gasteiger partial charge < -0.3 is 30.2 Å². The number of aromatic nitrogens is 5. The van der Waals surface area contributed by atoms with E-state index in [1.807, 2.05) is 0 Å². The average molecular weight is 508 g/mol. The monoisotopic (exact) mass is 508 g/mol. The van der Waals surface area contributed by atoms with Crippen LogP contribution < -0.4 is 20.7 Å².